The fourth-order valence-corrected chi connectivity index (χ4v) is 4.66. The largest absolute Gasteiger partial charge is 0.322 e. The van der Waals surface area contributed by atoms with Crippen LogP contribution in [-0.4, -0.2) is 17.7 Å². The first-order valence-electron chi connectivity index (χ1n) is 10.2. The zero-order valence-electron chi connectivity index (χ0n) is 17.1. The van der Waals surface area contributed by atoms with Gasteiger partial charge in [-0.3, -0.25) is 19.3 Å². The van der Waals surface area contributed by atoms with Crippen molar-refractivity contribution in [3.63, 3.8) is 0 Å². The van der Waals surface area contributed by atoms with E-state index >= 15 is 0 Å². The third kappa shape index (κ3) is 3.69. The van der Waals surface area contributed by atoms with E-state index in [1.165, 1.54) is 4.90 Å². The Bertz CT molecular complexity index is 960. The quantitative estimate of drug-likeness (QED) is 0.786. The molecular weight excluding hydrogens is 364 g/mol. The van der Waals surface area contributed by atoms with Crippen molar-refractivity contribution in [3.05, 3.63) is 59.2 Å². The highest BCUT2D eigenvalue weighted by atomic mass is 16.2. The van der Waals surface area contributed by atoms with Crippen molar-refractivity contribution in [1.29, 1.82) is 0 Å². The Morgan fingerprint density at radius 2 is 1.55 bits per heavy atom. The number of hydrogen-bond acceptors (Lipinski definition) is 3. The van der Waals surface area contributed by atoms with Gasteiger partial charge in [-0.2, -0.15) is 0 Å². The number of amides is 3. The molecule has 0 radical (unpaired) electrons. The van der Waals surface area contributed by atoms with E-state index in [2.05, 4.69) is 12.2 Å². The van der Waals surface area contributed by atoms with Gasteiger partial charge in [-0.05, 0) is 86.6 Å². The third-order valence-electron chi connectivity index (χ3n) is 6.05. The standard InChI is InChI=1S/C24H26N2O3/c1-14-4-9-20-21(13-14)24(29)26(23(20)28)19-7-5-17(6-8-19)22(27)25-18-11-15(2)10-16(3)12-18/h5-8,10-12,14,20-21H,4,9,13H2,1-3H3,(H,25,27)/t14-,20+,21+/m0/s1. The summed E-state index contributed by atoms with van der Waals surface area (Å²) in [6.07, 6.45) is 2.55. The molecule has 1 heterocycles. The number of nitrogens with one attached hydrogen (secondary N) is 1. The Hall–Kier alpha value is -2.95. The summed E-state index contributed by atoms with van der Waals surface area (Å²) >= 11 is 0. The minimum absolute atomic E-state index is 0.0978. The van der Waals surface area contributed by atoms with Gasteiger partial charge in [0.15, 0.2) is 0 Å². The van der Waals surface area contributed by atoms with Crippen LogP contribution >= 0.6 is 0 Å². The molecule has 1 saturated carbocycles. The van der Waals surface area contributed by atoms with Crippen LogP contribution in [0.1, 0.15) is 47.7 Å². The van der Waals surface area contributed by atoms with Gasteiger partial charge >= 0.3 is 0 Å². The molecule has 0 spiro atoms. The van der Waals surface area contributed by atoms with Gasteiger partial charge in [0.05, 0.1) is 17.5 Å². The van der Waals surface area contributed by atoms with Crippen molar-refractivity contribution in [1.82, 2.24) is 0 Å². The number of aryl methyl sites for hydroxylation is 2. The molecule has 5 heteroatoms. The second-order valence-electron chi connectivity index (χ2n) is 8.52. The van der Waals surface area contributed by atoms with Crippen molar-refractivity contribution in [3.8, 4) is 0 Å². The van der Waals surface area contributed by atoms with Crippen molar-refractivity contribution in [2.75, 3.05) is 10.2 Å². The van der Waals surface area contributed by atoms with Gasteiger partial charge in [-0.1, -0.05) is 13.0 Å². The van der Waals surface area contributed by atoms with Crippen molar-refractivity contribution < 1.29 is 14.4 Å². The summed E-state index contributed by atoms with van der Waals surface area (Å²) in [5, 5.41) is 2.91. The predicted octanol–water partition coefficient (Wildman–Crippen LogP) is 4.48. The summed E-state index contributed by atoms with van der Waals surface area (Å²) in [5.74, 6) is -0.323. The number of imide groups is 1. The molecule has 4 rings (SSSR count). The zero-order valence-corrected chi connectivity index (χ0v) is 17.1. The normalized spacial score (nSPS) is 23.8. The summed E-state index contributed by atoms with van der Waals surface area (Å²) < 4.78 is 0. The number of nitrogens with zero attached hydrogens (tertiary/aromatic N) is 1. The van der Waals surface area contributed by atoms with E-state index in [9.17, 15) is 14.4 Å². The Labute approximate surface area is 171 Å². The van der Waals surface area contributed by atoms with E-state index in [4.69, 9.17) is 0 Å². The number of rotatable bonds is 3. The topological polar surface area (TPSA) is 66.5 Å². The number of anilines is 2. The summed E-state index contributed by atoms with van der Waals surface area (Å²) in [7, 11) is 0. The molecule has 2 aromatic rings. The van der Waals surface area contributed by atoms with E-state index < -0.39 is 0 Å². The van der Waals surface area contributed by atoms with Crippen LogP contribution in [-0.2, 0) is 9.59 Å². The number of carbonyl (C=O) groups excluding carboxylic acids is 3. The predicted molar refractivity (Wildman–Crippen MR) is 113 cm³/mol. The van der Waals surface area contributed by atoms with E-state index in [1.54, 1.807) is 24.3 Å². The molecule has 1 aliphatic carbocycles. The average Bonchev–Trinajstić information content (AvgIpc) is 2.91. The van der Waals surface area contributed by atoms with Gasteiger partial charge < -0.3 is 5.32 Å². The monoisotopic (exact) mass is 390 g/mol. The SMILES string of the molecule is Cc1cc(C)cc(NC(=O)c2ccc(N3C(=O)[C@@H]4CC[C@H](C)C[C@H]4C3=O)cc2)c1. The number of benzene rings is 2. The second-order valence-corrected chi connectivity index (χ2v) is 8.52. The molecule has 1 N–H and O–H groups in total. The molecule has 0 bridgehead atoms. The summed E-state index contributed by atoms with van der Waals surface area (Å²) in [6, 6.07) is 12.6. The molecule has 0 aromatic heterocycles. The van der Waals surface area contributed by atoms with Gasteiger partial charge in [0, 0.05) is 11.3 Å². The lowest BCUT2D eigenvalue weighted by atomic mass is 9.76. The number of carbonyl (C=O) groups is 3. The second kappa shape index (κ2) is 7.47. The molecule has 3 atom stereocenters. The molecular formula is C24H26N2O3. The summed E-state index contributed by atoms with van der Waals surface area (Å²) in [6.45, 7) is 6.11. The molecule has 1 aliphatic heterocycles. The van der Waals surface area contributed by atoms with Crippen LogP contribution < -0.4 is 10.2 Å². The van der Waals surface area contributed by atoms with Crippen LogP contribution in [0.5, 0.6) is 0 Å². The number of hydrogen-bond donors (Lipinski definition) is 1. The van der Waals surface area contributed by atoms with Crippen molar-refractivity contribution >= 4 is 29.1 Å². The smallest absolute Gasteiger partial charge is 0.255 e. The van der Waals surface area contributed by atoms with Gasteiger partial charge in [-0.15, -0.1) is 0 Å². The maximum Gasteiger partial charge on any atom is 0.255 e. The summed E-state index contributed by atoms with van der Waals surface area (Å²) in [4.78, 5) is 39.6. The maximum absolute atomic E-state index is 12.8. The van der Waals surface area contributed by atoms with Crippen LogP contribution in [0.25, 0.3) is 0 Å². The first kappa shape index (κ1) is 19.4. The van der Waals surface area contributed by atoms with Gasteiger partial charge in [0.2, 0.25) is 11.8 Å². The van der Waals surface area contributed by atoms with Crippen molar-refractivity contribution in [2.45, 2.75) is 40.0 Å². The van der Waals surface area contributed by atoms with Crippen LogP contribution in [0.3, 0.4) is 0 Å². The Balaban J connectivity index is 1.51. The van der Waals surface area contributed by atoms with E-state index in [1.807, 2.05) is 32.0 Å². The first-order valence-corrected chi connectivity index (χ1v) is 10.2. The molecule has 2 aromatic carbocycles. The Kier molecular flexibility index (Phi) is 4.99. The molecule has 1 saturated heterocycles. The van der Waals surface area contributed by atoms with E-state index in [0.29, 0.717) is 17.2 Å². The maximum atomic E-state index is 12.8. The van der Waals surface area contributed by atoms with Crippen LogP contribution in [0, 0.1) is 31.6 Å². The van der Waals surface area contributed by atoms with Crippen LogP contribution in [0.15, 0.2) is 42.5 Å². The molecule has 2 aliphatic rings. The Morgan fingerprint density at radius 3 is 2.21 bits per heavy atom. The van der Waals surface area contributed by atoms with E-state index in [-0.39, 0.29) is 29.6 Å². The summed E-state index contributed by atoms with van der Waals surface area (Å²) in [5.41, 5.74) is 3.94. The minimum Gasteiger partial charge on any atom is -0.322 e. The Morgan fingerprint density at radius 1 is 0.931 bits per heavy atom. The molecule has 150 valence electrons. The third-order valence-corrected chi connectivity index (χ3v) is 6.05. The zero-order chi connectivity index (χ0) is 20.7. The minimum atomic E-state index is -0.219. The lowest BCUT2D eigenvalue weighted by Gasteiger charge is -2.25. The molecule has 2 fully saturated rings. The highest BCUT2D eigenvalue weighted by molar-refractivity contribution is 6.22. The lowest BCUT2D eigenvalue weighted by Crippen LogP contribution is -2.30. The van der Waals surface area contributed by atoms with Gasteiger partial charge in [-0.25, -0.2) is 0 Å². The highest BCUT2D eigenvalue weighted by Crippen LogP contribution is 2.42. The van der Waals surface area contributed by atoms with Gasteiger partial charge in [0.25, 0.3) is 5.91 Å². The molecule has 29 heavy (non-hydrogen) atoms. The van der Waals surface area contributed by atoms with Crippen LogP contribution in [0.4, 0.5) is 11.4 Å². The average molecular weight is 390 g/mol. The van der Waals surface area contributed by atoms with Gasteiger partial charge in [0.1, 0.15) is 0 Å². The fraction of sp³-hybridized carbons (Fsp3) is 0.375. The number of fused-ring (bicyclic) bond motifs is 1. The molecule has 0 unspecified atom stereocenters. The molecule has 3 amide bonds. The van der Waals surface area contributed by atoms with E-state index in [0.717, 1.165) is 36.1 Å². The first-order chi connectivity index (χ1) is 13.8. The molecule has 5 nitrogen and oxygen atoms in total. The van der Waals surface area contributed by atoms with Crippen molar-refractivity contribution in [2.24, 2.45) is 17.8 Å². The fourth-order valence-electron chi connectivity index (χ4n) is 4.66. The lowest BCUT2D eigenvalue weighted by molar-refractivity contribution is -0.122. The van der Waals surface area contributed by atoms with Crippen LogP contribution in [0.2, 0.25) is 0 Å². The highest BCUT2D eigenvalue weighted by Gasteiger charge is 2.49.